The molecule has 0 spiro atoms. The number of amides is 1. The number of carbonyl (C=O) groups is 1. The molecular formula is C16H13BrN2O4. The lowest BCUT2D eigenvalue weighted by molar-refractivity contribution is -0.384. The van der Waals surface area contributed by atoms with Crippen LogP contribution in [-0.4, -0.2) is 24.0 Å². The van der Waals surface area contributed by atoms with Crippen molar-refractivity contribution in [3.63, 3.8) is 0 Å². The minimum Gasteiger partial charge on any atom is -0.483 e. The fourth-order valence-electron chi connectivity index (χ4n) is 2.54. The summed E-state index contributed by atoms with van der Waals surface area (Å²) >= 11 is 3.36. The number of nitrogens with zero attached hydrogens (tertiary/aromatic N) is 2. The number of para-hydroxylation sites is 1. The number of carbonyl (C=O) groups excluding carboxylic acids is 1. The van der Waals surface area contributed by atoms with Crippen molar-refractivity contribution in [2.75, 3.05) is 18.1 Å². The van der Waals surface area contributed by atoms with E-state index in [-0.39, 0.29) is 18.2 Å². The number of hydrogen-bond acceptors (Lipinski definition) is 4. The highest BCUT2D eigenvalue weighted by Gasteiger charge is 2.26. The molecule has 6 nitrogen and oxygen atoms in total. The number of benzene rings is 2. The van der Waals surface area contributed by atoms with Gasteiger partial charge in [0.2, 0.25) is 0 Å². The van der Waals surface area contributed by atoms with Crippen molar-refractivity contribution in [3.05, 3.63) is 62.6 Å². The van der Waals surface area contributed by atoms with Crippen LogP contribution in [0, 0.1) is 10.1 Å². The highest BCUT2D eigenvalue weighted by Crippen LogP contribution is 2.31. The first-order valence-electron chi connectivity index (χ1n) is 7.01. The molecule has 3 rings (SSSR count). The predicted molar refractivity (Wildman–Crippen MR) is 88.8 cm³/mol. The number of halogens is 1. The van der Waals surface area contributed by atoms with E-state index < -0.39 is 4.92 Å². The van der Waals surface area contributed by atoms with Crippen LogP contribution < -0.4 is 9.64 Å². The topological polar surface area (TPSA) is 72.7 Å². The molecule has 0 N–H and O–H groups in total. The molecule has 1 aliphatic heterocycles. The Morgan fingerprint density at radius 2 is 2.09 bits per heavy atom. The SMILES string of the molecule is O=C(COc1ccccc1Br)N1CCc2cc([N+](=O)[O-])ccc21. The molecule has 0 radical (unpaired) electrons. The molecule has 1 heterocycles. The van der Waals surface area contributed by atoms with Crippen LogP contribution in [0.2, 0.25) is 0 Å². The second-order valence-corrected chi connectivity index (χ2v) is 5.94. The fraction of sp³-hybridized carbons (Fsp3) is 0.188. The minimum absolute atomic E-state index is 0.0440. The summed E-state index contributed by atoms with van der Waals surface area (Å²) in [7, 11) is 0. The number of rotatable bonds is 4. The zero-order valence-electron chi connectivity index (χ0n) is 12.1. The summed E-state index contributed by atoms with van der Waals surface area (Å²) in [4.78, 5) is 24.3. The largest absolute Gasteiger partial charge is 0.483 e. The first kappa shape index (κ1) is 15.5. The zero-order chi connectivity index (χ0) is 16.4. The van der Waals surface area contributed by atoms with Crippen molar-refractivity contribution in [1.82, 2.24) is 0 Å². The third kappa shape index (κ3) is 3.19. The van der Waals surface area contributed by atoms with Crippen LogP contribution in [-0.2, 0) is 11.2 Å². The number of anilines is 1. The van der Waals surface area contributed by atoms with Gasteiger partial charge in [-0.3, -0.25) is 14.9 Å². The Labute approximate surface area is 140 Å². The fourth-order valence-corrected chi connectivity index (χ4v) is 2.94. The van der Waals surface area contributed by atoms with E-state index in [2.05, 4.69) is 15.9 Å². The number of nitro benzene ring substituents is 1. The molecule has 0 atom stereocenters. The van der Waals surface area contributed by atoms with Gasteiger partial charge in [-0.15, -0.1) is 0 Å². The van der Waals surface area contributed by atoms with E-state index in [0.717, 1.165) is 15.7 Å². The van der Waals surface area contributed by atoms with Gasteiger partial charge in [-0.25, -0.2) is 0 Å². The smallest absolute Gasteiger partial charge is 0.269 e. The lowest BCUT2D eigenvalue weighted by atomic mass is 10.1. The van der Waals surface area contributed by atoms with Crippen molar-refractivity contribution in [2.45, 2.75) is 6.42 Å². The van der Waals surface area contributed by atoms with Crippen LogP contribution >= 0.6 is 15.9 Å². The van der Waals surface area contributed by atoms with Crippen molar-refractivity contribution in [1.29, 1.82) is 0 Å². The highest BCUT2D eigenvalue weighted by molar-refractivity contribution is 9.10. The van der Waals surface area contributed by atoms with Gasteiger partial charge >= 0.3 is 0 Å². The number of nitro groups is 1. The Balaban J connectivity index is 1.71. The van der Waals surface area contributed by atoms with Gasteiger partial charge in [0.15, 0.2) is 6.61 Å². The predicted octanol–water partition coefficient (Wildman–Crippen LogP) is 3.33. The van der Waals surface area contributed by atoms with Crippen molar-refractivity contribution < 1.29 is 14.5 Å². The summed E-state index contributed by atoms with van der Waals surface area (Å²) < 4.78 is 6.32. The van der Waals surface area contributed by atoms with E-state index in [4.69, 9.17) is 4.74 Å². The molecule has 0 fully saturated rings. The molecule has 2 aromatic rings. The molecule has 0 bridgehead atoms. The first-order chi connectivity index (χ1) is 11.1. The third-order valence-corrected chi connectivity index (χ3v) is 4.31. The molecular weight excluding hydrogens is 364 g/mol. The van der Waals surface area contributed by atoms with Gasteiger partial charge in [-0.1, -0.05) is 12.1 Å². The Morgan fingerprint density at radius 3 is 2.83 bits per heavy atom. The molecule has 118 valence electrons. The van der Waals surface area contributed by atoms with Crippen LogP contribution in [0.25, 0.3) is 0 Å². The van der Waals surface area contributed by atoms with Gasteiger partial charge in [-0.05, 0) is 46.1 Å². The molecule has 7 heteroatoms. The number of non-ortho nitro benzene ring substituents is 1. The summed E-state index contributed by atoms with van der Waals surface area (Å²) in [6.07, 6.45) is 0.609. The van der Waals surface area contributed by atoms with E-state index >= 15 is 0 Å². The number of fused-ring (bicyclic) bond motifs is 1. The van der Waals surface area contributed by atoms with Gasteiger partial charge in [0.25, 0.3) is 11.6 Å². The Kier molecular flexibility index (Phi) is 4.29. The van der Waals surface area contributed by atoms with Gasteiger partial charge in [0, 0.05) is 24.4 Å². The number of ether oxygens (including phenoxy) is 1. The first-order valence-corrected chi connectivity index (χ1v) is 7.80. The van der Waals surface area contributed by atoms with Crippen molar-refractivity contribution in [2.24, 2.45) is 0 Å². The van der Waals surface area contributed by atoms with Gasteiger partial charge in [-0.2, -0.15) is 0 Å². The Morgan fingerprint density at radius 1 is 1.30 bits per heavy atom. The monoisotopic (exact) mass is 376 g/mol. The van der Waals surface area contributed by atoms with Crippen LogP contribution in [0.5, 0.6) is 5.75 Å². The second kappa shape index (κ2) is 6.37. The molecule has 23 heavy (non-hydrogen) atoms. The average molecular weight is 377 g/mol. The maximum absolute atomic E-state index is 12.4. The van der Waals surface area contributed by atoms with E-state index in [0.29, 0.717) is 18.7 Å². The molecule has 0 saturated carbocycles. The summed E-state index contributed by atoms with van der Waals surface area (Å²) in [6, 6.07) is 11.9. The quantitative estimate of drug-likeness (QED) is 0.605. The van der Waals surface area contributed by atoms with E-state index in [9.17, 15) is 14.9 Å². The van der Waals surface area contributed by atoms with Gasteiger partial charge in [0.05, 0.1) is 9.40 Å². The van der Waals surface area contributed by atoms with Crippen molar-refractivity contribution in [3.8, 4) is 5.75 Å². The maximum Gasteiger partial charge on any atom is 0.269 e. The van der Waals surface area contributed by atoms with Crippen LogP contribution in [0.15, 0.2) is 46.9 Å². The molecule has 1 aliphatic rings. The normalized spacial score (nSPS) is 12.8. The molecule has 0 aliphatic carbocycles. The maximum atomic E-state index is 12.4. The summed E-state index contributed by atoms with van der Waals surface area (Å²) in [5, 5.41) is 10.8. The van der Waals surface area contributed by atoms with E-state index in [1.165, 1.54) is 12.1 Å². The second-order valence-electron chi connectivity index (χ2n) is 5.08. The molecule has 0 unspecified atom stereocenters. The number of hydrogen-bond donors (Lipinski definition) is 0. The van der Waals surface area contributed by atoms with Crippen LogP contribution in [0.3, 0.4) is 0 Å². The Hall–Kier alpha value is -2.41. The minimum atomic E-state index is -0.430. The summed E-state index contributed by atoms with van der Waals surface area (Å²) in [5.74, 6) is 0.428. The van der Waals surface area contributed by atoms with E-state index in [1.54, 1.807) is 17.0 Å². The van der Waals surface area contributed by atoms with Crippen LogP contribution in [0.4, 0.5) is 11.4 Å². The standard InChI is InChI=1S/C16H13BrN2O4/c17-13-3-1-2-4-15(13)23-10-16(20)18-8-7-11-9-12(19(21)22)5-6-14(11)18/h1-6,9H,7-8,10H2. The zero-order valence-corrected chi connectivity index (χ0v) is 13.7. The van der Waals surface area contributed by atoms with Crippen LogP contribution in [0.1, 0.15) is 5.56 Å². The summed E-state index contributed by atoms with van der Waals surface area (Å²) in [5.41, 5.74) is 1.58. The molecule has 1 amide bonds. The molecule has 0 saturated heterocycles. The van der Waals surface area contributed by atoms with Crippen molar-refractivity contribution >= 4 is 33.2 Å². The third-order valence-electron chi connectivity index (χ3n) is 3.66. The highest BCUT2D eigenvalue weighted by atomic mass is 79.9. The summed E-state index contributed by atoms with van der Waals surface area (Å²) in [6.45, 7) is 0.424. The van der Waals surface area contributed by atoms with E-state index in [1.807, 2.05) is 18.2 Å². The Bertz CT molecular complexity index is 778. The average Bonchev–Trinajstić information content (AvgIpc) is 2.97. The lowest BCUT2D eigenvalue weighted by Crippen LogP contribution is -2.33. The van der Waals surface area contributed by atoms with Gasteiger partial charge in [0.1, 0.15) is 5.75 Å². The van der Waals surface area contributed by atoms with Gasteiger partial charge < -0.3 is 9.64 Å². The molecule has 0 aromatic heterocycles. The molecule has 2 aromatic carbocycles. The lowest BCUT2D eigenvalue weighted by Gasteiger charge is -2.17.